The molecule has 5 heteroatoms. The molecular weight excluding hydrogens is 318 g/mol. The van der Waals surface area contributed by atoms with E-state index in [-0.39, 0.29) is 17.9 Å². The number of nitrogens with zero attached hydrogens (tertiary/aromatic N) is 1. The monoisotopic (exact) mass is 341 g/mol. The molecule has 1 aliphatic rings. The predicted octanol–water partition coefficient (Wildman–Crippen LogP) is 4.25. The molecule has 0 N–H and O–H groups in total. The van der Waals surface area contributed by atoms with E-state index in [4.69, 9.17) is 14.2 Å². The molecule has 0 atom stereocenters. The topological polar surface area (TPSA) is 57.7 Å². The fourth-order valence-corrected chi connectivity index (χ4v) is 2.55. The summed E-state index contributed by atoms with van der Waals surface area (Å²) in [5, 5.41) is 0. The van der Waals surface area contributed by atoms with Crippen molar-refractivity contribution < 1.29 is 19.0 Å². The lowest BCUT2D eigenvalue weighted by Crippen LogP contribution is -2.25. The number of pyridine rings is 1. The highest BCUT2D eigenvalue weighted by molar-refractivity contribution is 5.88. The van der Waals surface area contributed by atoms with Gasteiger partial charge in [0.25, 0.3) is 0 Å². The minimum atomic E-state index is -0.399. The minimum Gasteiger partial charge on any atom is -0.497 e. The number of carbonyl (C=O) groups excluding carboxylic acids is 1. The smallest absolute Gasteiger partial charge is 0.357 e. The first-order chi connectivity index (χ1) is 12.0. The summed E-state index contributed by atoms with van der Waals surface area (Å²) >= 11 is 0. The molecule has 25 heavy (non-hydrogen) atoms. The van der Waals surface area contributed by atoms with Crippen molar-refractivity contribution >= 4 is 5.97 Å². The van der Waals surface area contributed by atoms with Gasteiger partial charge in [-0.3, -0.25) is 0 Å². The van der Waals surface area contributed by atoms with Gasteiger partial charge in [0, 0.05) is 17.7 Å². The molecule has 1 aromatic heterocycles. The Hall–Kier alpha value is -2.56. The Kier molecular flexibility index (Phi) is 5.22. The second kappa shape index (κ2) is 7.55. The highest BCUT2D eigenvalue weighted by Gasteiger charge is 2.23. The number of methoxy groups -OCH3 is 1. The Morgan fingerprint density at radius 2 is 1.84 bits per heavy atom. The molecule has 0 spiro atoms. The van der Waals surface area contributed by atoms with E-state index in [2.05, 4.69) is 4.98 Å². The summed E-state index contributed by atoms with van der Waals surface area (Å²) in [7, 11) is 1.57. The maximum absolute atomic E-state index is 12.3. The minimum absolute atomic E-state index is 0.0245. The first kappa shape index (κ1) is 17.3. The number of rotatable bonds is 6. The number of esters is 1. The summed E-state index contributed by atoms with van der Waals surface area (Å²) in [4.78, 5) is 16.8. The zero-order valence-electron chi connectivity index (χ0n) is 14.8. The van der Waals surface area contributed by atoms with Crippen LogP contribution in [0.2, 0.25) is 0 Å². The molecular formula is C20H23NO4. The number of aromatic nitrogens is 1. The van der Waals surface area contributed by atoms with Crippen LogP contribution in [0.25, 0.3) is 11.3 Å². The van der Waals surface area contributed by atoms with Gasteiger partial charge in [-0.15, -0.1) is 0 Å². The average Bonchev–Trinajstić information content (AvgIpc) is 2.57. The highest BCUT2D eigenvalue weighted by atomic mass is 16.5. The lowest BCUT2D eigenvalue weighted by Gasteiger charge is -2.25. The summed E-state index contributed by atoms with van der Waals surface area (Å²) < 4.78 is 16.4. The van der Waals surface area contributed by atoms with Crippen LogP contribution in [0, 0.1) is 0 Å². The molecule has 0 amide bonds. The van der Waals surface area contributed by atoms with E-state index in [0.717, 1.165) is 30.6 Å². The summed E-state index contributed by atoms with van der Waals surface area (Å²) in [6.45, 7) is 3.97. The molecule has 1 fully saturated rings. The molecule has 0 aliphatic heterocycles. The summed E-state index contributed by atoms with van der Waals surface area (Å²) in [5.41, 5.74) is 1.81. The summed E-state index contributed by atoms with van der Waals surface area (Å²) in [6, 6.07) is 11.0. The van der Waals surface area contributed by atoms with Crippen molar-refractivity contribution in [1.82, 2.24) is 4.98 Å². The van der Waals surface area contributed by atoms with Crippen LogP contribution in [0.1, 0.15) is 43.6 Å². The second-order valence-electron chi connectivity index (χ2n) is 6.43. The van der Waals surface area contributed by atoms with E-state index in [1.165, 1.54) is 0 Å². The van der Waals surface area contributed by atoms with Crippen molar-refractivity contribution in [3.8, 4) is 22.8 Å². The van der Waals surface area contributed by atoms with E-state index >= 15 is 0 Å². The molecule has 3 rings (SSSR count). The lowest BCUT2D eigenvalue weighted by atomic mass is 9.96. The largest absolute Gasteiger partial charge is 0.497 e. The lowest BCUT2D eigenvalue weighted by molar-refractivity contribution is 0.00834. The Labute approximate surface area is 147 Å². The van der Waals surface area contributed by atoms with Crippen LogP contribution >= 0.6 is 0 Å². The van der Waals surface area contributed by atoms with Crippen LogP contribution in [0.4, 0.5) is 0 Å². The van der Waals surface area contributed by atoms with Gasteiger partial charge in [-0.2, -0.15) is 0 Å². The number of hydrogen-bond donors (Lipinski definition) is 0. The molecule has 1 aliphatic carbocycles. The van der Waals surface area contributed by atoms with Crippen LogP contribution in [-0.2, 0) is 4.74 Å². The van der Waals surface area contributed by atoms with Gasteiger partial charge >= 0.3 is 5.97 Å². The molecule has 1 saturated carbocycles. The number of ether oxygens (including phenoxy) is 3. The van der Waals surface area contributed by atoms with Gasteiger partial charge in [-0.25, -0.2) is 9.78 Å². The van der Waals surface area contributed by atoms with Gasteiger partial charge in [0.1, 0.15) is 17.6 Å². The molecule has 132 valence electrons. The Balaban J connectivity index is 1.84. The van der Waals surface area contributed by atoms with Gasteiger partial charge in [0.2, 0.25) is 0 Å². The van der Waals surface area contributed by atoms with Crippen molar-refractivity contribution in [3.05, 3.63) is 42.1 Å². The van der Waals surface area contributed by atoms with Crippen molar-refractivity contribution in [3.63, 3.8) is 0 Å². The van der Waals surface area contributed by atoms with Crippen LogP contribution in [-0.4, -0.2) is 30.3 Å². The number of benzene rings is 1. The van der Waals surface area contributed by atoms with Gasteiger partial charge in [0.15, 0.2) is 5.69 Å². The molecule has 0 saturated heterocycles. The molecule has 2 aromatic rings. The third kappa shape index (κ3) is 4.29. The fraction of sp³-hybridized carbons (Fsp3) is 0.400. The third-order valence-electron chi connectivity index (χ3n) is 4.09. The molecule has 1 heterocycles. The second-order valence-corrected chi connectivity index (χ2v) is 6.43. The first-order valence-electron chi connectivity index (χ1n) is 8.59. The molecule has 0 bridgehead atoms. The zero-order valence-corrected chi connectivity index (χ0v) is 14.8. The van der Waals surface area contributed by atoms with Gasteiger partial charge in [-0.1, -0.05) is 0 Å². The fourth-order valence-electron chi connectivity index (χ4n) is 2.55. The van der Waals surface area contributed by atoms with E-state index in [1.807, 2.05) is 38.1 Å². The summed E-state index contributed by atoms with van der Waals surface area (Å²) in [5.74, 6) is 0.976. The highest BCUT2D eigenvalue weighted by Crippen LogP contribution is 2.27. The first-order valence-corrected chi connectivity index (χ1v) is 8.59. The van der Waals surface area contributed by atoms with Crippen molar-refractivity contribution in [2.45, 2.75) is 45.3 Å². The van der Waals surface area contributed by atoms with E-state index in [1.54, 1.807) is 19.2 Å². The van der Waals surface area contributed by atoms with Crippen molar-refractivity contribution in [2.24, 2.45) is 0 Å². The maximum atomic E-state index is 12.3. The molecule has 5 nitrogen and oxygen atoms in total. The molecule has 0 unspecified atom stereocenters. The average molecular weight is 341 g/mol. The van der Waals surface area contributed by atoms with E-state index in [9.17, 15) is 4.79 Å². The van der Waals surface area contributed by atoms with Crippen molar-refractivity contribution in [1.29, 1.82) is 0 Å². The molecule has 0 radical (unpaired) electrons. The quantitative estimate of drug-likeness (QED) is 0.735. The van der Waals surface area contributed by atoms with Gasteiger partial charge in [0.05, 0.1) is 18.9 Å². The normalized spacial score (nSPS) is 14.1. The zero-order chi connectivity index (χ0) is 17.8. The predicted molar refractivity (Wildman–Crippen MR) is 95.0 cm³/mol. The number of hydrogen-bond acceptors (Lipinski definition) is 5. The standard InChI is InChI=1S/C20H23NO4/c1-13(2)24-16-9-7-14(8-10-16)18-11-17(23-3)12-19(21-18)20(22)25-15-5-4-6-15/h7-13,15H,4-6H2,1-3H3. The van der Waals surface area contributed by atoms with Crippen LogP contribution < -0.4 is 9.47 Å². The van der Waals surface area contributed by atoms with E-state index < -0.39 is 5.97 Å². The van der Waals surface area contributed by atoms with Gasteiger partial charge in [-0.05, 0) is 57.4 Å². The Morgan fingerprint density at radius 1 is 1.12 bits per heavy atom. The van der Waals surface area contributed by atoms with Crippen LogP contribution in [0.3, 0.4) is 0 Å². The SMILES string of the molecule is COc1cc(C(=O)OC2CCC2)nc(-c2ccc(OC(C)C)cc2)c1. The number of carbonyl (C=O) groups is 1. The Bertz CT molecular complexity index is 736. The molecule has 1 aromatic carbocycles. The van der Waals surface area contributed by atoms with E-state index in [0.29, 0.717) is 11.4 Å². The van der Waals surface area contributed by atoms with Crippen LogP contribution in [0.5, 0.6) is 11.5 Å². The summed E-state index contributed by atoms with van der Waals surface area (Å²) in [6.07, 6.45) is 3.12. The third-order valence-corrected chi connectivity index (χ3v) is 4.09. The van der Waals surface area contributed by atoms with Gasteiger partial charge < -0.3 is 14.2 Å². The Morgan fingerprint density at radius 3 is 2.40 bits per heavy atom. The maximum Gasteiger partial charge on any atom is 0.357 e. The van der Waals surface area contributed by atoms with Crippen LogP contribution in [0.15, 0.2) is 36.4 Å². The van der Waals surface area contributed by atoms with Crippen molar-refractivity contribution in [2.75, 3.05) is 7.11 Å².